The van der Waals surface area contributed by atoms with Crippen molar-refractivity contribution in [2.75, 3.05) is 25.9 Å². The second-order valence-corrected chi connectivity index (χ2v) is 9.66. The maximum absolute atomic E-state index is 13.4. The van der Waals surface area contributed by atoms with Crippen LogP contribution in [0.4, 0.5) is 5.82 Å². The molecule has 43 heavy (non-hydrogen) atoms. The number of anilines is 1. The molecule has 0 aliphatic heterocycles. The van der Waals surface area contributed by atoms with Crippen molar-refractivity contribution >= 4 is 28.2 Å². The minimum atomic E-state index is -0.545. The fourth-order valence-corrected chi connectivity index (χ4v) is 4.63. The molecular formula is C30H33N9O4. The zero-order valence-corrected chi connectivity index (χ0v) is 24.4. The molecule has 13 nitrogen and oxygen atoms in total. The Morgan fingerprint density at radius 3 is 2.60 bits per heavy atom. The van der Waals surface area contributed by atoms with E-state index in [1.165, 1.54) is 4.68 Å². The average molecular weight is 584 g/mol. The minimum absolute atomic E-state index is 0.0251. The topological polar surface area (TPSA) is 159 Å². The molecule has 0 radical (unpaired) electrons. The van der Waals surface area contributed by atoms with E-state index in [1.807, 2.05) is 56.3 Å². The van der Waals surface area contributed by atoms with Gasteiger partial charge in [-0.1, -0.05) is 61.5 Å². The van der Waals surface area contributed by atoms with Gasteiger partial charge in [0.05, 0.1) is 12.8 Å². The number of ether oxygens (including phenoxy) is 2. The molecule has 2 aromatic heterocycles. The van der Waals surface area contributed by atoms with Gasteiger partial charge in [0.25, 0.3) is 5.91 Å². The van der Waals surface area contributed by atoms with Gasteiger partial charge in [0.15, 0.2) is 17.2 Å². The number of carbonyl (C=O) groups is 1. The van der Waals surface area contributed by atoms with Gasteiger partial charge in [-0.15, -0.1) is 5.10 Å². The second-order valence-electron chi connectivity index (χ2n) is 9.66. The Bertz CT molecular complexity index is 1750. The van der Waals surface area contributed by atoms with Crippen LogP contribution < -0.4 is 20.6 Å². The molecule has 5 rings (SSSR count). The van der Waals surface area contributed by atoms with E-state index in [4.69, 9.17) is 19.8 Å². The Labute approximate surface area is 248 Å². The summed E-state index contributed by atoms with van der Waals surface area (Å²) >= 11 is 0. The van der Waals surface area contributed by atoms with Gasteiger partial charge in [-0.2, -0.15) is 9.78 Å². The number of nitrogen functional groups attached to an aromatic ring is 1. The van der Waals surface area contributed by atoms with Crippen molar-refractivity contribution in [2.24, 2.45) is 5.10 Å². The molecule has 0 bridgehead atoms. The number of rotatable bonds is 12. The van der Waals surface area contributed by atoms with Gasteiger partial charge < -0.3 is 15.2 Å². The molecule has 2 heterocycles. The van der Waals surface area contributed by atoms with E-state index in [2.05, 4.69) is 54.3 Å². The van der Waals surface area contributed by atoms with Crippen molar-refractivity contribution in [1.82, 2.24) is 35.6 Å². The van der Waals surface area contributed by atoms with Crippen LogP contribution in [-0.2, 0) is 13.2 Å². The summed E-state index contributed by atoms with van der Waals surface area (Å²) < 4.78 is 17.7. The minimum Gasteiger partial charge on any atom is -0.493 e. The van der Waals surface area contributed by atoms with Crippen LogP contribution in [0.5, 0.6) is 11.5 Å². The highest BCUT2D eigenvalue weighted by Crippen LogP contribution is 2.30. The van der Waals surface area contributed by atoms with Gasteiger partial charge >= 0.3 is 0 Å². The summed E-state index contributed by atoms with van der Waals surface area (Å²) in [5, 5.41) is 22.3. The number of aromatic nitrogens is 5. The van der Waals surface area contributed by atoms with Crippen LogP contribution in [-0.4, -0.2) is 62.0 Å². The highest BCUT2D eigenvalue weighted by atomic mass is 16.6. The fourth-order valence-electron chi connectivity index (χ4n) is 4.63. The van der Waals surface area contributed by atoms with Crippen LogP contribution in [0, 0.1) is 0 Å². The third-order valence-electron chi connectivity index (χ3n) is 7.09. The molecule has 0 saturated heterocycles. The molecular weight excluding hydrogens is 550 g/mol. The van der Waals surface area contributed by atoms with E-state index < -0.39 is 5.91 Å². The molecule has 0 spiro atoms. The fraction of sp³-hybridized carbons (Fsp3) is 0.267. The number of fused-ring (bicyclic) bond motifs is 1. The number of hydrogen-bond acceptors (Lipinski definition) is 11. The molecule has 0 saturated carbocycles. The highest BCUT2D eigenvalue weighted by molar-refractivity contribution is 6.01. The smallest absolute Gasteiger partial charge is 0.292 e. The first-order valence-corrected chi connectivity index (χ1v) is 13.8. The Morgan fingerprint density at radius 2 is 1.86 bits per heavy atom. The van der Waals surface area contributed by atoms with Crippen molar-refractivity contribution in [1.29, 1.82) is 0 Å². The van der Waals surface area contributed by atoms with Crippen LogP contribution in [0.1, 0.15) is 48.1 Å². The number of amides is 1. The SMILES string of the molecule is CCN(CC)Cc1nnn(-c2nonc2N)c1C(=O)N/N=C(\C)c1ccc(OCc2cccc3ccccc23)c(OC)c1. The summed E-state index contributed by atoms with van der Waals surface area (Å²) in [6, 6.07) is 19.8. The average Bonchev–Trinajstić information content (AvgIpc) is 3.66. The first kappa shape index (κ1) is 29.2. The van der Waals surface area contributed by atoms with E-state index in [0.717, 1.165) is 35.0 Å². The lowest BCUT2D eigenvalue weighted by Gasteiger charge is -2.16. The van der Waals surface area contributed by atoms with E-state index in [0.29, 0.717) is 36.1 Å². The lowest BCUT2D eigenvalue weighted by molar-refractivity contribution is 0.0944. The van der Waals surface area contributed by atoms with Gasteiger partial charge in [0.1, 0.15) is 12.3 Å². The number of methoxy groups -OCH3 is 1. The molecule has 222 valence electrons. The van der Waals surface area contributed by atoms with Crippen molar-refractivity contribution in [3.05, 3.63) is 83.2 Å². The molecule has 0 unspecified atom stereocenters. The molecule has 3 N–H and O–H groups in total. The van der Waals surface area contributed by atoms with Gasteiger partial charge in [-0.25, -0.2) is 10.1 Å². The van der Waals surface area contributed by atoms with Gasteiger partial charge in [-0.3, -0.25) is 9.69 Å². The van der Waals surface area contributed by atoms with Crippen molar-refractivity contribution in [3.8, 4) is 17.3 Å². The van der Waals surface area contributed by atoms with E-state index in [-0.39, 0.29) is 17.3 Å². The lowest BCUT2D eigenvalue weighted by Crippen LogP contribution is -2.27. The first-order chi connectivity index (χ1) is 20.9. The summed E-state index contributed by atoms with van der Waals surface area (Å²) in [5.41, 5.74) is 11.4. The summed E-state index contributed by atoms with van der Waals surface area (Å²) in [7, 11) is 1.58. The standard InChI is InChI=1S/C30H33N9O4/c1-5-38(6-2)17-24-27(39(37-33-24)29-28(31)35-43-36-29)30(40)34-32-19(3)21-14-15-25(26(16-21)41-4)42-18-22-12-9-11-20-10-7-8-13-23(20)22/h7-16H,5-6,17-18H2,1-4H3,(H2,31,35)(H,34,40)/b32-19+. The number of nitrogens with zero attached hydrogens (tertiary/aromatic N) is 7. The summed E-state index contributed by atoms with van der Waals surface area (Å²) in [5.74, 6) is 0.619. The summed E-state index contributed by atoms with van der Waals surface area (Å²) in [6.45, 7) is 8.11. The summed E-state index contributed by atoms with van der Waals surface area (Å²) in [6.07, 6.45) is 0. The largest absolute Gasteiger partial charge is 0.493 e. The monoisotopic (exact) mass is 583 g/mol. The summed E-state index contributed by atoms with van der Waals surface area (Å²) in [4.78, 5) is 15.5. The molecule has 1 amide bonds. The van der Waals surface area contributed by atoms with E-state index in [1.54, 1.807) is 14.0 Å². The van der Waals surface area contributed by atoms with E-state index in [9.17, 15) is 4.79 Å². The zero-order chi connectivity index (χ0) is 30.3. The molecule has 0 aliphatic carbocycles. The molecule has 0 aliphatic rings. The molecule has 13 heteroatoms. The number of carbonyl (C=O) groups excluding carboxylic acids is 1. The zero-order valence-electron chi connectivity index (χ0n) is 24.4. The van der Waals surface area contributed by atoms with Crippen molar-refractivity contribution in [3.63, 3.8) is 0 Å². The van der Waals surface area contributed by atoms with Crippen LogP contribution in [0.25, 0.3) is 16.6 Å². The number of nitrogens with two attached hydrogens (primary N) is 1. The van der Waals surface area contributed by atoms with Crippen molar-refractivity contribution in [2.45, 2.75) is 33.9 Å². The van der Waals surface area contributed by atoms with Crippen LogP contribution >= 0.6 is 0 Å². The maximum atomic E-state index is 13.4. The Hall–Kier alpha value is -5.30. The number of benzene rings is 3. The van der Waals surface area contributed by atoms with Crippen LogP contribution in [0.2, 0.25) is 0 Å². The van der Waals surface area contributed by atoms with Crippen molar-refractivity contribution < 1.29 is 18.9 Å². The molecule has 0 atom stereocenters. The number of nitrogens with one attached hydrogen (secondary N) is 1. The molecule has 3 aromatic carbocycles. The predicted molar refractivity (Wildman–Crippen MR) is 161 cm³/mol. The predicted octanol–water partition coefficient (Wildman–Crippen LogP) is 3.97. The molecule has 5 aromatic rings. The maximum Gasteiger partial charge on any atom is 0.292 e. The number of hydrazone groups is 1. The molecule has 0 fully saturated rings. The highest BCUT2D eigenvalue weighted by Gasteiger charge is 2.26. The van der Waals surface area contributed by atoms with Crippen LogP contribution in [0.15, 0.2) is 70.4 Å². The number of hydrogen-bond donors (Lipinski definition) is 2. The first-order valence-electron chi connectivity index (χ1n) is 13.8. The third-order valence-corrected chi connectivity index (χ3v) is 7.09. The van der Waals surface area contributed by atoms with Gasteiger partial charge in [-0.05, 0) is 64.9 Å². The second kappa shape index (κ2) is 13.1. The van der Waals surface area contributed by atoms with Crippen LogP contribution in [0.3, 0.4) is 0 Å². The Kier molecular flexibility index (Phi) is 8.91. The lowest BCUT2D eigenvalue weighted by atomic mass is 10.1. The van der Waals surface area contributed by atoms with Gasteiger partial charge in [0.2, 0.25) is 11.6 Å². The quantitative estimate of drug-likeness (QED) is 0.163. The Balaban J connectivity index is 1.35. The third kappa shape index (κ3) is 6.31. The normalized spacial score (nSPS) is 11.7. The Morgan fingerprint density at radius 1 is 1.07 bits per heavy atom. The van der Waals surface area contributed by atoms with Gasteiger partial charge in [0, 0.05) is 12.1 Å². The van der Waals surface area contributed by atoms with E-state index >= 15 is 0 Å².